The summed E-state index contributed by atoms with van der Waals surface area (Å²) >= 11 is 1.66. The molecule has 0 spiro atoms. The number of thioether (sulfide) groups is 1. The predicted octanol–water partition coefficient (Wildman–Crippen LogP) is 2.65. The summed E-state index contributed by atoms with van der Waals surface area (Å²) in [6, 6.07) is 4.15. The average molecular weight is 308 g/mol. The van der Waals surface area contributed by atoms with Crippen LogP contribution in [-0.4, -0.2) is 21.4 Å². The summed E-state index contributed by atoms with van der Waals surface area (Å²) in [7, 11) is 1.87. The molecule has 0 fully saturated rings. The summed E-state index contributed by atoms with van der Waals surface area (Å²) in [5, 5.41) is 6.78. The van der Waals surface area contributed by atoms with E-state index in [9.17, 15) is 9.18 Å². The fraction of sp³-hybridized carbons (Fsp3) is 0.286. The lowest BCUT2D eigenvalue weighted by atomic mass is 10.2. The Bertz CT molecular complexity index is 629. The van der Waals surface area contributed by atoms with Crippen LogP contribution in [0.3, 0.4) is 0 Å². The molecule has 5 nitrogen and oxygen atoms in total. The summed E-state index contributed by atoms with van der Waals surface area (Å²) in [6.45, 7) is 0. The van der Waals surface area contributed by atoms with E-state index < -0.39 is 5.82 Å². The number of rotatable bonds is 6. The molecular weight excluding hydrogens is 291 g/mol. The van der Waals surface area contributed by atoms with Crippen molar-refractivity contribution in [1.82, 2.24) is 9.78 Å². The molecule has 21 heavy (non-hydrogen) atoms. The van der Waals surface area contributed by atoms with E-state index in [0.29, 0.717) is 12.1 Å². The van der Waals surface area contributed by atoms with Gasteiger partial charge in [0.05, 0.1) is 11.9 Å². The highest BCUT2D eigenvalue weighted by molar-refractivity contribution is 7.99. The lowest BCUT2D eigenvalue weighted by Gasteiger charge is -2.06. The van der Waals surface area contributed by atoms with Crippen molar-refractivity contribution in [3.8, 4) is 0 Å². The zero-order valence-electron chi connectivity index (χ0n) is 11.7. The molecule has 0 aliphatic heterocycles. The maximum Gasteiger partial charge on any atom is 0.224 e. The van der Waals surface area contributed by atoms with E-state index >= 15 is 0 Å². The zero-order chi connectivity index (χ0) is 15.2. The number of carbonyl (C=O) groups excluding carboxylic acids is 1. The summed E-state index contributed by atoms with van der Waals surface area (Å²) in [5.74, 6) is 0.249. The standard InChI is InChI=1S/C14H17FN4OS/c1-19-9-11(8-17-19)21-6-2-3-14(20)18-10-4-5-12(15)13(16)7-10/h4-5,7-9H,2-3,6,16H2,1H3,(H,18,20). The minimum atomic E-state index is -0.485. The highest BCUT2D eigenvalue weighted by Gasteiger charge is 2.05. The van der Waals surface area contributed by atoms with Gasteiger partial charge < -0.3 is 11.1 Å². The van der Waals surface area contributed by atoms with Crippen LogP contribution in [0.4, 0.5) is 15.8 Å². The van der Waals surface area contributed by atoms with Crippen molar-refractivity contribution in [2.45, 2.75) is 17.7 Å². The average Bonchev–Trinajstić information content (AvgIpc) is 2.85. The number of halogens is 1. The summed E-state index contributed by atoms with van der Waals surface area (Å²) < 4.78 is 14.7. The zero-order valence-corrected chi connectivity index (χ0v) is 12.5. The number of aromatic nitrogens is 2. The van der Waals surface area contributed by atoms with Crippen molar-refractivity contribution in [3.05, 3.63) is 36.4 Å². The van der Waals surface area contributed by atoms with Crippen LogP contribution in [0.1, 0.15) is 12.8 Å². The molecule has 0 aliphatic rings. The Labute approximate surface area is 126 Å². The van der Waals surface area contributed by atoms with E-state index in [4.69, 9.17) is 5.73 Å². The highest BCUT2D eigenvalue weighted by atomic mass is 32.2. The van der Waals surface area contributed by atoms with Crippen molar-refractivity contribution >= 4 is 29.0 Å². The van der Waals surface area contributed by atoms with Crippen LogP contribution in [0.15, 0.2) is 35.5 Å². The van der Waals surface area contributed by atoms with E-state index in [1.807, 2.05) is 13.2 Å². The molecule has 0 aliphatic carbocycles. The van der Waals surface area contributed by atoms with Crippen molar-refractivity contribution in [1.29, 1.82) is 0 Å². The number of benzene rings is 1. The number of nitrogens with two attached hydrogens (primary N) is 1. The normalized spacial score (nSPS) is 10.6. The van der Waals surface area contributed by atoms with Gasteiger partial charge in [0.1, 0.15) is 5.82 Å². The molecule has 7 heteroatoms. The predicted molar refractivity (Wildman–Crippen MR) is 82.6 cm³/mol. The van der Waals surface area contributed by atoms with Crippen molar-refractivity contribution < 1.29 is 9.18 Å². The fourth-order valence-electron chi connectivity index (χ4n) is 1.74. The second kappa shape index (κ2) is 7.12. The molecule has 3 N–H and O–H groups in total. The van der Waals surface area contributed by atoms with Crippen LogP contribution >= 0.6 is 11.8 Å². The van der Waals surface area contributed by atoms with Gasteiger partial charge in [-0.1, -0.05) is 0 Å². The molecule has 0 unspecified atom stereocenters. The third-order valence-corrected chi connectivity index (χ3v) is 3.81. The van der Waals surface area contributed by atoms with E-state index in [1.165, 1.54) is 18.2 Å². The molecule has 2 aromatic rings. The Morgan fingerprint density at radius 3 is 3.00 bits per heavy atom. The second-order valence-electron chi connectivity index (χ2n) is 4.59. The van der Waals surface area contributed by atoms with Crippen LogP contribution in [0, 0.1) is 5.82 Å². The second-order valence-corrected chi connectivity index (χ2v) is 5.75. The first-order valence-electron chi connectivity index (χ1n) is 6.51. The topological polar surface area (TPSA) is 72.9 Å². The van der Waals surface area contributed by atoms with Gasteiger partial charge in [0, 0.05) is 30.2 Å². The lowest BCUT2D eigenvalue weighted by Crippen LogP contribution is -2.11. The number of nitrogen functional groups attached to an aromatic ring is 1. The lowest BCUT2D eigenvalue weighted by molar-refractivity contribution is -0.116. The minimum Gasteiger partial charge on any atom is -0.396 e. The van der Waals surface area contributed by atoms with Crippen molar-refractivity contribution in [3.63, 3.8) is 0 Å². The number of nitrogens with zero attached hydrogens (tertiary/aromatic N) is 2. The molecule has 0 saturated carbocycles. The van der Waals surface area contributed by atoms with E-state index in [0.717, 1.165) is 17.1 Å². The first-order chi connectivity index (χ1) is 10.0. The van der Waals surface area contributed by atoms with Gasteiger partial charge in [-0.25, -0.2) is 4.39 Å². The molecule has 1 amide bonds. The van der Waals surface area contributed by atoms with Gasteiger partial charge in [-0.3, -0.25) is 9.48 Å². The Morgan fingerprint density at radius 1 is 1.52 bits per heavy atom. The third kappa shape index (κ3) is 4.78. The molecule has 1 heterocycles. The van der Waals surface area contributed by atoms with Gasteiger partial charge in [-0.15, -0.1) is 11.8 Å². The molecule has 0 radical (unpaired) electrons. The van der Waals surface area contributed by atoms with Crippen LogP contribution < -0.4 is 11.1 Å². The number of nitrogens with one attached hydrogen (secondary N) is 1. The fourth-order valence-corrected chi connectivity index (χ4v) is 2.61. The first-order valence-corrected chi connectivity index (χ1v) is 7.49. The number of amides is 1. The first kappa shape index (κ1) is 15.4. The van der Waals surface area contributed by atoms with Crippen LogP contribution in [-0.2, 0) is 11.8 Å². The third-order valence-electron chi connectivity index (χ3n) is 2.78. The molecule has 112 valence electrons. The largest absolute Gasteiger partial charge is 0.396 e. The quantitative estimate of drug-likeness (QED) is 0.489. The van der Waals surface area contributed by atoms with Gasteiger partial charge in [0.15, 0.2) is 0 Å². The molecular formula is C14H17FN4OS. The summed E-state index contributed by atoms with van der Waals surface area (Å²) in [4.78, 5) is 12.8. The van der Waals surface area contributed by atoms with Gasteiger partial charge >= 0.3 is 0 Å². The van der Waals surface area contributed by atoms with E-state index in [-0.39, 0.29) is 11.6 Å². The smallest absolute Gasteiger partial charge is 0.224 e. The van der Waals surface area contributed by atoms with Gasteiger partial charge in [-0.05, 0) is 30.4 Å². The molecule has 0 bridgehead atoms. The van der Waals surface area contributed by atoms with Gasteiger partial charge in [-0.2, -0.15) is 5.10 Å². The van der Waals surface area contributed by atoms with E-state index in [2.05, 4.69) is 10.4 Å². The van der Waals surface area contributed by atoms with E-state index in [1.54, 1.807) is 22.6 Å². The summed E-state index contributed by atoms with van der Waals surface area (Å²) in [5.41, 5.74) is 5.99. The number of anilines is 2. The Morgan fingerprint density at radius 2 is 2.33 bits per heavy atom. The number of carbonyl (C=O) groups is 1. The molecule has 1 aromatic heterocycles. The molecule has 0 atom stereocenters. The Hall–Kier alpha value is -2.02. The highest BCUT2D eigenvalue weighted by Crippen LogP contribution is 2.19. The van der Waals surface area contributed by atoms with Crippen LogP contribution in [0.25, 0.3) is 0 Å². The van der Waals surface area contributed by atoms with Crippen LogP contribution in [0.5, 0.6) is 0 Å². The monoisotopic (exact) mass is 308 g/mol. The number of aryl methyl sites for hydroxylation is 1. The minimum absolute atomic E-state index is 0.0277. The van der Waals surface area contributed by atoms with Crippen molar-refractivity contribution in [2.24, 2.45) is 7.05 Å². The van der Waals surface area contributed by atoms with Crippen molar-refractivity contribution in [2.75, 3.05) is 16.8 Å². The van der Waals surface area contributed by atoms with Gasteiger partial charge in [0.2, 0.25) is 5.91 Å². The summed E-state index contributed by atoms with van der Waals surface area (Å²) in [6.07, 6.45) is 4.89. The van der Waals surface area contributed by atoms with Crippen LogP contribution in [0.2, 0.25) is 0 Å². The van der Waals surface area contributed by atoms with Gasteiger partial charge in [0.25, 0.3) is 0 Å². The number of hydrogen-bond donors (Lipinski definition) is 2. The molecule has 1 aromatic carbocycles. The maximum absolute atomic E-state index is 13.0. The Kier molecular flexibility index (Phi) is 5.21. The number of hydrogen-bond acceptors (Lipinski definition) is 4. The SMILES string of the molecule is Cn1cc(SCCCC(=O)Nc2ccc(F)c(N)c2)cn1. The molecule has 0 saturated heterocycles. The Balaban J connectivity index is 1.71. The maximum atomic E-state index is 13.0. The molecule has 2 rings (SSSR count).